The number of esters is 1. The molecule has 0 rings (SSSR count). The molecule has 240 valence electrons. The minimum absolute atomic E-state index is 0.356. The van der Waals surface area contributed by atoms with E-state index in [0.29, 0.717) is 12.8 Å². The Hall–Kier alpha value is -1.58. The first kappa shape index (κ1) is 39.4. The second-order valence-corrected chi connectivity index (χ2v) is 12.1. The highest BCUT2D eigenvalue weighted by Gasteiger charge is 2.33. The highest BCUT2D eigenvalue weighted by atomic mass is 16.5. The molecule has 0 aliphatic heterocycles. The van der Waals surface area contributed by atoms with Crippen molar-refractivity contribution in [3.8, 4) is 0 Å². The number of carboxylic acids is 1. The quantitative estimate of drug-likeness (QED) is 0.0506. The zero-order chi connectivity index (χ0) is 30.2. The molecule has 2 unspecified atom stereocenters. The summed E-state index contributed by atoms with van der Waals surface area (Å²) >= 11 is 0. The highest BCUT2D eigenvalue weighted by Crippen LogP contribution is 2.27. The van der Waals surface area contributed by atoms with Crippen LogP contribution in [0.1, 0.15) is 181 Å². The van der Waals surface area contributed by atoms with Crippen LogP contribution in [0.5, 0.6) is 0 Å². The number of ether oxygens (including phenoxy) is 1. The summed E-state index contributed by atoms with van der Waals surface area (Å²) in [5, 5.41) is 9.88. The van der Waals surface area contributed by atoms with Crippen molar-refractivity contribution in [1.29, 1.82) is 0 Å². The summed E-state index contributed by atoms with van der Waals surface area (Å²) in [6.07, 6.45) is 39.6. The summed E-state index contributed by atoms with van der Waals surface area (Å²) in [5.74, 6) is -2.37. The van der Waals surface area contributed by atoms with E-state index in [-0.39, 0.29) is 5.97 Å². The summed E-state index contributed by atoms with van der Waals surface area (Å²) in [7, 11) is 1.38. The van der Waals surface area contributed by atoms with E-state index < -0.39 is 17.8 Å². The standard InChI is InChI=1S/C37H68O4/c1-4-6-8-10-12-14-16-18-20-22-24-26-28-30-32-34(36(38)39)35(37(40)41-3)33-31-29-27-25-23-21-19-17-15-13-11-9-7-5-2/h18-21,34-35H,4-17,22-33H2,1-3H3,(H,38,39)/b20-18-,21-19-. The van der Waals surface area contributed by atoms with Crippen molar-refractivity contribution in [1.82, 2.24) is 0 Å². The van der Waals surface area contributed by atoms with Crippen LogP contribution < -0.4 is 0 Å². The average Bonchev–Trinajstić information content (AvgIpc) is 2.97. The lowest BCUT2D eigenvalue weighted by Crippen LogP contribution is -2.31. The van der Waals surface area contributed by atoms with E-state index in [9.17, 15) is 14.7 Å². The minimum atomic E-state index is -0.853. The summed E-state index contributed by atoms with van der Waals surface area (Å²) in [6.45, 7) is 4.51. The molecule has 4 heteroatoms. The number of hydrogen-bond acceptors (Lipinski definition) is 3. The molecule has 0 fully saturated rings. The molecule has 0 heterocycles. The Morgan fingerprint density at radius 2 is 0.829 bits per heavy atom. The Labute approximate surface area is 255 Å². The van der Waals surface area contributed by atoms with Crippen LogP contribution in [0.15, 0.2) is 24.3 Å². The van der Waals surface area contributed by atoms with Gasteiger partial charge in [-0.2, -0.15) is 0 Å². The number of aliphatic carboxylic acids is 1. The highest BCUT2D eigenvalue weighted by molar-refractivity contribution is 5.81. The molecule has 0 aliphatic carbocycles. The molecule has 4 nitrogen and oxygen atoms in total. The summed E-state index contributed by atoms with van der Waals surface area (Å²) < 4.78 is 5.02. The third-order valence-electron chi connectivity index (χ3n) is 8.36. The number of allylic oxidation sites excluding steroid dienone is 4. The monoisotopic (exact) mass is 577 g/mol. The first-order chi connectivity index (χ1) is 20.1. The van der Waals surface area contributed by atoms with Crippen LogP contribution in [0.25, 0.3) is 0 Å². The van der Waals surface area contributed by atoms with Crippen LogP contribution in [-0.4, -0.2) is 24.2 Å². The third-order valence-corrected chi connectivity index (χ3v) is 8.36. The molecular weight excluding hydrogens is 508 g/mol. The number of methoxy groups -OCH3 is 1. The Bertz CT molecular complexity index is 639. The largest absolute Gasteiger partial charge is 0.481 e. The topological polar surface area (TPSA) is 63.6 Å². The molecule has 0 spiro atoms. The maximum atomic E-state index is 12.5. The smallest absolute Gasteiger partial charge is 0.309 e. The van der Waals surface area contributed by atoms with E-state index in [4.69, 9.17) is 4.74 Å². The Balaban J connectivity index is 4.05. The molecule has 1 N–H and O–H groups in total. The molecule has 0 saturated heterocycles. The molecule has 2 atom stereocenters. The number of carbonyl (C=O) groups is 2. The van der Waals surface area contributed by atoms with Gasteiger partial charge >= 0.3 is 11.9 Å². The molecule has 0 aromatic carbocycles. The van der Waals surface area contributed by atoms with Crippen LogP contribution in [0, 0.1) is 11.8 Å². The zero-order valence-electron chi connectivity index (χ0n) is 27.5. The SMILES string of the molecule is CCCCCCCC/C=C\CCCCCCC(C(=O)O)C(CCCCCC/C=C\CCCCCCCC)C(=O)OC. The third kappa shape index (κ3) is 25.8. The molecule has 0 aromatic rings. The number of carboxylic acid groups (broad SMARTS) is 1. The van der Waals surface area contributed by atoms with E-state index in [1.165, 1.54) is 97.0 Å². The summed E-state index contributed by atoms with van der Waals surface area (Å²) in [4.78, 5) is 24.5. The normalized spacial score (nSPS) is 13.2. The summed E-state index contributed by atoms with van der Waals surface area (Å²) in [6, 6.07) is 0. The van der Waals surface area contributed by atoms with Crippen LogP contribution in [0.3, 0.4) is 0 Å². The van der Waals surface area contributed by atoms with E-state index >= 15 is 0 Å². The first-order valence-corrected chi connectivity index (χ1v) is 17.7. The van der Waals surface area contributed by atoms with Gasteiger partial charge in [0.05, 0.1) is 18.9 Å². The molecule has 41 heavy (non-hydrogen) atoms. The van der Waals surface area contributed by atoms with Gasteiger partial charge in [0.2, 0.25) is 0 Å². The van der Waals surface area contributed by atoms with Crippen molar-refractivity contribution >= 4 is 11.9 Å². The minimum Gasteiger partial charge on any atom is -0.481 e. The van der Waals surface area contributed by atoms with Crippen molar-refractivity contribution in [2.24, 2.45) is 11.8 Å². The maximum absolute atomic E-state index is 12.5. The van der Waals surface area contributed by atoms with Gasteiger partial charge in [0.25, 0.3) is 0 Å². The molecule has 0 amide bonds. The lowest BCUT2D eigenvalue weighted by atomic mass is 9.84. The van der Waals surface area contributed by atoms with Crippen molar-refractivity contribution < 1.29 is 19.4 Å². The van der Waals surface area contributed by atoms with E-state index in [1.54, 1.807) is 0 Å². The van der Waals surface area contributed by atoms with Gasteiger partial charge in [-0.3, -0.25) is 9.59 Å². The van der Waals surface area contributed by atoms with Gasteiger partial charge < -0.3 is 9.84 Å². The van der Waals surface area contributed by atoms with E-state index in [0.717, 1.165) is 64.2 Å². The van der Waals surface area contributed by atoms with Crippen LogP contribution in [-0.2, 0) is 14.3 Å². The van der Waals surface area contributed by atoms with E-state index in [1.807, 2.05) is 0 Å². The fourth-order valence-corrected chi connectivity index (χ4v) is 5.65. The maximum Gasteiger partial charge on any atom is 0.309 e. The van der Waals surface area contributed by atoms with Gasteiger partial charge in [0.1, 0.15) is 0 Å². The fraction of sp³-hybridized carbons (Fsp3) is 0.838. The molecule has 0 aromatic heterocycles. The first-order valence-electron chi connectivity index (χ1n) is 17.7. The number of rotatable bonds is 31. The Morgan fingerprint density at radius 1 is 0.512 bits per heavy atom. The van der Waals surface area contributed by atoms with Gasteiger partial charge in [-0.1, -0.05) is 141 Å². The van der Waals surface area contributed by atoms with Gasteiger partial charge in [0, 0.05) is 0 Å². The molecule has 0 bridgehead atoms. The van der Waals surface area contributed by atoms with Gasteiger partial charge in [-0.05, 0) is 64.2 Å². The second kappa shape index (κ2) is 31.4. The predicted octanol–water partition coefficient (Wildman–Crippen LogP) is 11.8. The van der Waals surface area contributed by atoms with E-state index in [2.05, 4.69) is 38.2 Å². The van der Waals surface area contributed by atoms with Gasteiger partial charge in [-0.15, -0.1) is 0 Å². The van der Waals surface area contributed by atoms with Crippen LogP contribution in [0.2, 0.25) is 0 Å². The number of unbranched alkanes of at least 4 members (excludes halogenated alkanes) is 20. The lowest BCUT2D eigenvalue weighted by Gasteiger charge is -2.22. The van der Waals surface area contributed by atoms with Crippen molar-refractivity contribution in [3.05, 3.63) is 24.3 Å². The second-order valence-electron chi connectivity index (χ2n) is 12.1. The van der Waals surface area contributed by atoms with Gasteiger partial charge in [0.15, 0.2) is 0 Å². The molecule has 0 aliphatic rings. The van der Waals surface area contributed by atoms with Crippen LogP contribution in [0.4, 0.5) is 0 Å². The molecular formula is C37H68O4. The van der Waals surface area contributed by atoms with Crippen molar-refractivity contribution in [3.63, 3.8) is 0 Å². The Kier molecular flexibility index (Phi) is 30.1. The molecule has 0 radical (unpaired) electrons. The molecule has 0 saturated carbocycles. The van der Waals surface area contributed by atoms with Gasteiger partial charge in [-0.25, -0.2) is 0 Å². The predicted molar refractivity (Wildman–Crippen MR) is 176 cm³/mol. The Morgan fingerprint density at radius 3 is 1.17 bits per heavy atom. The van der Waals surface area contributed by atoms with Crippen molar-refractivity contribution in [2.75, 3.05) is 7.11 Å². The average molecular weight is 577 g/mol. The fourth-order valence-electron chi connectivity index (χ4n) is 5.65. The number of carbonyl (C=O) groups excluding carboxylic acids is 1. The number of hydrogen-bond donors (Lipinski definition) is 1. The lowest BCUT2D eigenvalue weighted by molar-refractivity contribution is -0.156. The van der Waals surface area contributed by atoms with Crippen LogP contribution >= 0.6 is 0 Å². The summed E-state index contributed by atoms with van der Waals surface area (Å²) in [5.41, 5.74) is 0. The zero-order valence-corrected chi connectivity index (χ0v) is 27.5. The van der Waals surface area contributed by atoms with Crippen molar-refractivity contribution in [2.45, 2.75) is 181 Å².